The van der Waals surface area contributed by atoms with Gasteiger partial charge >= 0.3 is 6.18 Å². The Hall–Kier alpha value is -0.840. The number of hydrogen-bond acceptors (Lipinski definition) is 2. The molecule has 0 heterocycles. The summed E-state index contributed by atoms with van der Waals surface area (Å²) in [5, 5.41) is 9.29. The zero-order chi connectivity index (χ0) is 9.78. The predicted molar refractivity (Wildman–Crippen MR) is 41.4 cm³/mol. The van der Waals surface area contributed by atoms with E-state index < -0.39 is 11.9 Å². The lowest BCUT2D eigenvalue weighted by molar-refractivity contribution is -0.0584. The third-order valence-corrected chi connectivity index (χ3v) is 1.31. The molecule has 1 atom stereocenters. The number of nitrogens with one attached hydrogen (secondary N) is 2. The largest absolute Gasteiger partial charge is 0.432 e. The van der Waals surface area contributed by atoms with E-state index in [1.807, 2.05) is 0 Å². The topological polar surface area (TPSA) is 35.9 Å². The molecule has 0 aromatic heterocycles. The van der Waals surface area contributed by atoms with E-state index in [0.29, 0.717) is 0 Å². The monoisotopic (exact) mass is 180 g/mol. The van der Waals surface area contributed by atoms with Crippen molar-refractivity contribution in [2.24, 2.45) is 0 Å². The maximum atomic E-state index is 11.7. The summed E-state index contributed by atoms with van der Waals surface area (Å²) >= 11 is 0. The third-order valence-electron chi connectivity index (χ3n) is 1.31. The molecule has 0 aliphatic carbocycles. The average Bonchev–Trinajstić information content (AvgIpc) is 1.97. The molecule has 0 bridgehead atoms. The molecular weight excluding hydrogens is 169 g/mol. The molecule has 0 rings (SSSR count). The molecule has 0 aliphatic rings. The van der Waals surface area contributed by atoms with Crippen LogP contribution in [-0.2, 0) is 0 Å². The number of rotatable bonds is 3. The maximum Gasteiger partial charge on any atom is 0.432 e. The van der Waals surface area contributed by atoms with E-state index in [1.54, 1.807) is 14.0 Å². The molecular formula is C7H11F3N2. The van der Waals surface area contributed by atoms with Crippen LogP contribution < -0.4 is 5.32 Å². The summed E-state index contributed by atoms with van der Waals surface area (Å²) in [4.78, 5) is 0. The quantitative estimate of drug-likeness (QED) is 0.637. The Morgan fingerprint density at radius 3 is 2.33 bits per heavy atom. The Balaban J connectivity index is 4.10. The van der Waals surface area contributed by atoms with Crippen LogP contribution in [-0.4, -0.2) is 25.0 Å². The van der Waals surface area contributed by atoms with Gasteiger partial charge in [-0.3, -0.25) is 5.41 Å². The molecule has 0 radical (unpaired) electrons. The summed E-state index contributed by atoms with van der Waals surface area (Å²) < 4.78 is 35.1. The third kappa shape index (κ3) is 4.12. The molecule has 70 valence electrons. The van der Waals surface area contributed by atoms with E-state index in [-0.39, 0.29) is 6.04 Å². The molecule has 0 spiro atoms. The van der Waals surface area contributed by atoms with Gasteiger partial charge in [0.15, 0.2) is 0 Å². The molecule has 2 N–H and O–H groups in total. The van der Waals surface area contributed by atoms with Gasteiger partial charge in [0, 0.05) is 6.04 Å². The van der Waals surface area contributed by atoms with Crippen molar-refractivity contribution in [3.8, 4) is 0 Å². The zero-order valence-corrected chi connectivity index (χ0v) is 6.87. The lowest BCUT2D eigenvalue weighted by Crippen LogP contribution is -2.22. The minimum atomic E-state index is -4.54. The van der Waals surface area contributed by atoms with Crippen molar-refractivity contribution in [3.05, 3.63) is 12.2 Å². The second-order valence-corrected chi connectivity index (χ2v) is 2.35. The summed E-state index contributed by atoms with van der Waals surface area (Å²) in [7, 11) is 1.63. The highest BCUT2D eigenvalue weighted by molar-refractivity contribution is 5.96. The van der Waals surface area contributed by atoms with E-state index in [9.17, 15) is 13.2 Å². The first-order chi connectivity index (χ1) is 5.38. The molecule has 5 heteroatoms. The smallest absolute Gasteiger partial charge is 0.314 e. The standard InChI is InChI=1S/C7H11F3N2/c1-5(12-2)3-4-6(11)7(8,9)10/h3-5,11-12H,1-2H3/b4-3-,11-6?. The van der Waals surface area contributed by atoms with Gasteiger partial charge in [0.05, 0.1) is 0 Å². The molecule has 2 nitrogen and oxygen atoms in total. The average molecular weight is 180 g/mol. The summed E-state index contributed by atoms with van der Waals surface area (Å²) in [5.74, 6) is 0. The molecule has 0 saturated carbocycles. The summed E-state index contributed by atoms with van der Waals surface area (Å²) in [6.07, 6.45) is -2.50. The van der Waals surface area contributed by atoms with Crippen LogP contribution in [0.1, 0.15) is 6.92 Å². The van der Waals surface area contributed by atoms with Gasteiger partial charge in [-0.25, -0.2) is 0 Å². The number of likely N-dealkylation sites (N-methyl/N-ethyl adjacent to an activating group) is 1. The van der Waals surface area contributed by atoms with Crippen LogP contribution in [0.4, 0.5) is 13.2 Å². The molecule has 0 aromatic rings. The molecule has 0 aliphatic heterocycles. The number of hydrogen-bond donors (Lipinski definition) is 2. The van der Waals surface area contributed by atoms with Crippen LogP contribution in [0, 0.1) is 5.41 Å². The van der Waals surface area contributed by atoms with Crippen LogP contribution in [0.2, 0.25) is 0 Å². The number of allylic oxidation sites excluding steroid dienone is 1. The predicted octanol–water partition coefficient (Wildman–Crippen LogP) is 1.73. The Morgan fingerprint density at radius 1 is 1.50 bits per heavy atom. The maximum absolute atomic E-state index is 11.7. The van der Waals surface area contributed by atoms with Gasteiger partial charge in [-0.15, -0.1) is 0 Å². The molecule has 0 fully saturated rings. The fourth-order valence-electron chi connectivity index (χ4n) is 0.431. The van der Waals surface area contributed by atoms with E-state index in [1.165, 1.54) is 6.08 Å². The van der Waals surface area contributed by atoms with Gasteiger partial charge in [0.2, 0.25) is 0 Å². The SMILES string of the molecule is CNC(C)/C=C\C(=N)C(F)(F)F. The van der Waals surface area contributed by atoms with Crippen molar-refractivity contribution in [2.75, 3.05) is 7.05 Å². The van der Waals surface area contributed by atoms with Crippen LogP contribution in [0.5, 0.6) is 0 Å². The molecule has 1 unspecified atom stereocenters. The number of halogens is 3. The van der Waals surface area contributed by atoms with Crippen LogP contribution in [0.15, 0.2) is 12.2 Å². The summed E-state index contributed by atoms with van der Waals surface area (Å²) in [5.41, 5.74) is -1.33. The first-order valence-corrected chi connectivity index (χ1v) is 3.39. The Bertz CT molecular complexity index is 184. The molecule has 0 amide bonds. The van der Waals surface area contributed by atoms with E-state index in [0.717, 1.165) is 6.08 Å². The van der Waals surface area contributed by atoms with Gasteiger partial charge in [-0.1, -0.05) is 6.08 Å². The van der Waals surface area contributed by atoms with Crippen molar-refractivity contribution in [2.45, 2.75) is 19.1 Å². The minimum Gasteiger partial charge on any atom is -0.314 e. The van der Waals surface area contributed by atoms with Gasteiger partial charge in [0.1, 0.15) is 5.71 Å². The zero-order valence-electron chi connectivity index (χ0n) is 6.87. The second kappa shape index (κ2) is 4.25. The fourth-order valence-corrected chi connectivity index (χ4v) is 0.431. The van der Waals surface area contributed by atoms with Gasteiger partial charge < -0.3 is 5.32 Å². The van der Waals surface area contributed by atoms with E-state index >= 15 is 0 Å². The Labute approximate surface area is 69.0 Å². The molecule has 12 heavy (non-hydrogen) atoms. The fraction of sp³-hybridized carbons (Fsp3) is 0.571. The van der Waals surface area contributed by atoms with Crippen molar-refractivity contribution < 1.29 is 13.2 Å². The summed E-state index contributed by atoms with van der Waals surface area (Å²) in [6, 6.07) is -0.160. The van der Waals surface area contributed by atoms with Crippen molar-refractivity contribution in [1.29, 1.82) is 5.41 Å². The highest BCUT2D eigenvalue weighted by atomic mass is 19.4. The molecule has 0 aromatic carbocycles. The minimum absolute atomic E-state index is 0.160. The summed E-state index contributed by atoms with van der Waals surface area (Å²) in [6.45, 7) is 1.69. The normalized spacial score (nSPS) is 15.1. The second-order valence-electron chi connectivity index (χ2n) is 2.35. The van der Waals surface area contributed by atoms with E-state index in [4.69, 9.17) is 5.41 Å². The van der Waals surface area contributed by atoms with E-state index in [2.05, 4.69) is 5.32 Å². The van der Waals surface area contributed by atoms with Crippen molar-refractivity contribution in [3.63, 3.8) is 0 Å². The highest BCUT2D eigenvalue weighted by Crippen LogP contribution is 2.16. The van der Waals surface area contributed by atoms with Crippen LogP contribution in [0.3, 0.4) is 0 Å². The van der Waals surface area contributed by atoms with Gasteiger partial charge in [-0.05, 0) is 20.0 Å². The highest BCUT2D eigenvalue weighted by Gasteiger charge is 2.32. The van der Waals surface area contributed by atoms with Gasteiger partial charge in [0.25, 0.3) is 0 Å². The van der Waals surface area contributed by atoms with Gasteiger partial charge in [-0.2, -0.15) is 13.2 Å². The first-order valence-electron chi connectivity index (χ1n) is 3.39. The number of alkyl halides is 3. The lowest BCUT2D eigenvalue weighted by Gasteiger charge is -2.05. The first kappa shape index (κ1) is 11.2. The van der Waals surface area contributed by atoms with Crippen LogP contribution in [0.25, 0.3) is 0 Å². The Morgan fingerprint density at radius 2 is 2.00 bits per heavy atom. The molecule has 0 saturated heterocycles. The van der Waals surface area contributed by atoms with Crippen molar-refractivity contribution in [1.82, 2.24) is 5.32 Å². The lowest BCUT2D eigenvalue weighted by atomic mass is 10.2. The van der Waals surface area contributed by atoms with Crippen molar-refractivity contribution >= 4 is 5.71 Å². The Kier molecular flexibility index (Phi) is 3.95. The van der Waals surface area contributed by atoms with Crippen LogP contribution >= 0.6 is 0 Å².